The van der Waals surface area contributed by atoms with E-state index in [9.17, 15) is 4.79 Å². The SMILES string of the molecule is CCCN(CC)Cc1cc(C=O)ccc1OC. The van der Waals surface area contributed by atoms with Crippen LogP contribution >= 0.6 is 0 Å². The third kappa shape index (κ3) is 3.86. The number of nitrogens with zero attached hydrogens (tertiary/aromatic N) is 1. The first-order valence-electron chi connectivity index (χ1n) is 6.09. The number of methoxy groups -OCH3 is 1. The van der Waals surface area contributed by atoms with E-state index < -0.39 is 0 Å². The summed E-state index contributed by atoms with van der Waals surface area (Å²) >= 11 is 0. The van der Waals surface area contributed by atoms with E-state index in [2.05, 4.69) is 18.7 Å². The van der Waals surface area contributed by atoms with Crippen LogP contribution < -0.4 is 4.74 Å². The van der Waals surface area contributed by atoms with E-state index in [0.29, 0.717) is 5.56 Å². The minimum absolute atomic E-state index is 0.702. The van der Waals surface area contributed by atoms with Crippen molar-refractivity contribution in [2.75, 3.05) is 20.2 Å². The molecule has 0 aliphatic heterocycles. The smallest absolute Gasteiger partial charge is 0.150 e. The molecular formula is C14H21NO2. The van der Waals surface area contributed by atoms with E-state index in [4.69, 9.17) is 4.74 Å². The summed E-state index contributed by atoms with van der Waals surface area (Å²) in [7, 11) is 1.66. The topological polar surface area (TPSA) is 29.5 Å². The van der Waals surface area contributed by atoms with E-state index in [0.717, 1.165) is 43.7 Å². The lowest BCUT2D eigenvalue weighted by atomic mass is 10.1. The predicted octanol–water partition coefficient (Wildman–Crippen LogP) is 2.74. The van der Waals surface area contributed by atoms with Crippen molar-refractivity contribution in [2.24, 2.45) is 0 Å². The summed E-state index contributed by atoms with van der Waals surface area (Å²) in [5, 5.41) is 0. The Bertz CT molecular complexity index is 363. The van der Waals surface area contributed by atoms with Gasteiger partial charge in [0, 0.05) is 17.7 Å². The average molecular weight is 235 g/mol. The Morgan fingerprint density at radius 1 is 1.35 bits per heavy atom. The first kappa shape index (κ1) is 13.7. The molecule has 0 saturated carbocycles. The molecule has 0 fully saturated rings. The zero-order valence-electron chi connectivity index (χ0n) is 10.9. The zero-order valence-corrected chi connectivity index (χ0v) is 10.9. The second-order valence-electron chi connectivity index (χ2n) is 4.06. The maximum Gasteiger partial charge on any atom is 0.150 e. The number of rotatable bonds is 7. The highest BCUT2D eigenvalue weighted by Gasteiger charge is 2.08. The van der Waals surface area contributed by atoms with E-state index in [1.54, 1.807) is 13.2 Å². The third-order valence-electron chi connectivity index (χ3n) is 2.82. The Morgan fingerprint density at radius 3 is 2.65 bits per heavy atom. The molecule has 3 heteroatoms. The number of hydrogen-bond donors (Lipinski definition) is 0. The monoisotopic (exact) mass is 235 g/mol. The number of hydrogen-bond acceptors (Lipinski definition) is 3. The van der Waals surface area contributed by atoms with Gasteiger partial charge in [0.1, 0.15) is 12.0 Å². The van der Waals surface area contributed by atoms with Gasteiger partial charge in [-0.05, 0) is 37.7 Å². The van der Waals surface area contributed by atoms with Crippen LogP contribution in [0.3, 0.4) is 0 Å². The first-order valence-corrected chi connectivity index (χ1v) is 6.09. The Morgan fingerprint density at radius 2 is 2.12 bits per heavy atom. The maximum absolute atomic E-state index is 10.8. The fourth-order valence-corrected chi connectivity index (χ4v) is 1.90. The van der Waals surface area contributed by atoms with Crippen LogP contribution in [0.1, 0.15) is 36.2 Å². The Hall–Kier alpha value is -1.35. The van der Waals surface area contributed by atoms with Crippen molar-refractivity contribution in [3.8, 4) is 5.75 Å². The number of benzene rings is 1. The lowest BCUT2D eigenvalue weighted by Crippen LogP contribution is -2.23. The summed E-state index contributed by atoms with van der Waals surface area (Å²) in [6.45, 7) is 7.20. The lowest BCUT2D eigenvalue weighted by molar-refractivity contribution is 0.112. The molecule has 0 aliphatic rings. The van der Waals surface area contributed by atoms with Crippen molar-refractivity contribution < 1.29 is 9.53 Å². The molecular weight excluding hydrogens is 214 g/mol. The highest BCUT2D eigenvalue weighted by molar-refractivity contribution is 5.75. The van der Waals surface area contributed by atoms with Gasteiger partial charge in [-0.1, -0.05) is 13.8 Å². The molecule has 0 N–H and O–H groups in total. The van der Waals surface area contributed by atoms with Gasteiger partial charge in [0.2, 0.25) is 0 Å². The van der Waals surface area contributed by atoms with Crippen molar-refractivity contribution in [1.82, 2.24) is 4.90 Å². The van der Waals surface area contributed by atoms with E-state index in [-0.39, 0.29) is 0 Å². The van der Waals surface area contributed by atoms with Crippen molar-refractivity contribution >= 4 is 6.29 Å². The summed E-state index contributed by atoms with van der Waals surface area (Å²) in [5.41, 5.74) is 1.78. The molecule has 0 unspecified atom stereocenters. The molecule has 1 rings (SSSR count). The number of carbonyl (C=O) groups is 1. The molecule has 0 spiro atoms. The molecule has 0 radical (unpaired) electrons. The Balaban J connectivity index is 2.89. The molecule has 0 amide bonds. The van der Waals surface area contributed by atoms with Crippen LogP contribution in [0.15, 0.2) is 18.2 Å². The Labute approximate surface area is 103 Å². The van der Waals surface area contributed by atoms with E-state index in [1.807, 2.05) is 12.1 Å². The summed E-state index contributed by atoms with van der Waals surface area (Å²) in [5.74, 6) is 0.852. The van der Waals surface area contributed by atoms with Crippen LogP contribution in [-0.2, 0) is 6.54 Å². The summed E-state index contributed by atoms with van der Waals surface area (Å²) in [6, 6.07) is 5.55. The van der Waals surface area contributed by atoms with Gasteiger partial charge in [-0.3, -0.25) is 9.69 Å². The molecule has 17 heavy (non-hydrogen) atoms. The minimum Gasteiger partial charge on any atom is -0.496 e. The summed E-state index contributed by atoms with van der Waals surface area (Å²) in [4.78, 5) is 13.1. The van der Waals surface area contributed by atoms with Crippen molar-refractivity contribution in [3.05, 3.63) is 29.3 Å². The van der Waals surface area contributed by atoms with Crippen LogP contribution in [0.2, 0.25) is 0 Å². The standard InChI is InChI=1S/C14H21NO2/c1-4-8-15(5-2)10-13-9-12(11-16)6-7-14(13)17-3/h6-7,9,11H,4-5,8,10H2,1-3H3. The van der Waals surface area contributed by atoms with Crippen LogP contribution in [-0.4, -0.2) is 31.4 Å². The largest absolute Gasteiger partial charge is 0.496 e. The quantitative estimate of drug-likeness (QED) is 0.681. The molecule has 1 aromatic rings. The van der Waals surface area contributed by atoms with Crippen molar-refractivity contribution in [2.45, 2.75) is 26.8 Å². The molecule has 0 atom stereocenters. The van der Waals surface area contributed by atoms with E-state index >= 15 is 0 Å². The van der Waals surface area contributed by atoms with Gasteiger partial charge in [0.05, 0.1) is 7.11 Å². The van der Waals surface area contributed by atoms with Gasteiger partial charge in [0.25, 0.3) is 0 Å². The molecule has 1 aromatic carbocycles. The van der Waals surface area contributed by atoms with Crippen LogP contribution in [0.4, 0.5) is 0 Å². The first-order chi connectivity index (χ1) is 8.24. The molecule has 0 aromatic heterocycles. The molecule has 94 valence electrons. The Kier molecular flexibility index (Phi) is 5.70. The van der Waals surface area contributed by atoms with Gasteiger partial charge in [-0.15, -0.1) is 0 Å². The van der Waals surface area contributed by atoms with Crippen LogP contribution in [0.25, 0.3) is 0 Å². The average Bonchev–Trinajstić information content (AvgIpc) is 2.38. The minimum atomic E-state index is 0.702. The second-order valence-corrected chi connectivity index (χ2v) is 4.06. The second kappa shape index (κ2) is 7.07. The summed E-state index contributed by atoms with van der Waals surface area (Å²) in [6.07, 6.45) is 2.00. The zero-order chi connectivity index (χ0) is 12.7. The predicted molar refractivity (Wildman–Crippen MR) is 69.6 cm³/mol. The van der Waals surface area contributed by atoms with Crippen molar-refractivity contribution in [3.63, 3.8) is 0 Å². The van der Waals surface area contributed by atoms with Gasteiger partial charge >= 0.3 is 0 Å². The maximum atomic E-state index is 10.8. The third-order valence-corrected chi connectivity index (χ3v) is 2.82. The fourth-order valence-electron chi connectivity index (χ4n) is 1.90. The van der Waals surface area contributed by atoms with Gasteiger partial charge in [-0.2, -0.15) is 0 Å². The van der Waals surface area contributed by atoms with Crippen molar-refractivity contribution in [1.29, 1.82) is 0 Å². The number of ether oxygens (including phenoxy) is 1. The van der Waals surface area contributed by atoms with Gasteiger partial charge in [0.15, 0.2) is 0 Å². The molecule has 0 heterocycles. The number of carbonyl (C=O) groups excluding carboxylic acids is 1. The highest BCUT2D eigenvalue weighted by atomic mass is 16.5. The molecule has 0 bridgehead atoms. The van der Waals surface area contributed by atoms with Crippen LogP contribution in [0, 0.1) is 0 Å². The molecule has 0 aliphatic carbocycles. The van der Waals surface area contributed by atoms with E-state index in [1.165, 1.54) is 0 Å². The van der Waals surface area contributed by atoms with Gasteiger partial charge < -0.3 is 4.74 Å². The highest BCUT2D eigenvalue weighted by Crippen LogP contribution is 2.21. The molecule has 3 nitrogen and oxygen atoms in total. The molecule has 0 saturated heterocycles. The fraction of sp³-hybridized carbons (Fsp3) is 0.500. The number of aldehydes is 1. The van der Waals surface area contributed by atoms with Crippen LogP contribution in [0.5, 0.6) is 5.75 Å². The van der Waals surface area contributed by atoms with Gasteiger partial charge in [-0.25, -0.2) is 0 Å². The lowest BCUT2D eigenvalue weighted by Gasteiger charge is -2.21. The normalized spacial score (nSPS) is 10.6. The summed E-state index contributed by atoms with van der Waals surface area (Å²) < 4.78 is 5.33.